The van der Waals surface area contributed by atoms with Crippen molar-refractivity contribution in [1.82, 2.24) is 14.9 Å². The zero-order chi connectivity index (χ0) is 15.1. The van der Waals surface area contributed by atoms with Crippen LogP contribution in [0.3, 0.4) is 0 Å². The van der Waals surface area contributed by atoms with Crippen molar-refractivity contribution in [1.29, 1.82) is 0 Å². The Kier molecular flexibility index (Phi) is 3.32. The van der Waals surface area contributed by atoms with Gasteiger partial charge in [-0.3, -0.25) is 14.9 Å². The Bertz CT molecular complexity index is 810. The standard InChI is InChI=1S/C17H17N3OS/c1-11-17(21-14-8-20(2)9-14)15-5-12(16-7-18-10-22-16)3-4-13(15)6-19-11/h3-7,10,14H,8-9H2,1-2H3. The molecule has 0 saturated carbocycles. The highest BCUT2D eigenvalue weighted by Crippen LogP contribution is 2.34. The Balaban J connectivity index is 1.79. The number of ether oxygens (including phenoxy) is 1. The number of nitrogens with zero attached hydrogens (tertiary/aromatic N) is 3. The Morgan fingerprint density at radius 3 is 2.86 bits per heavy atom. The first-order chi connectivity index (χ1) is 10.7. The first-order valence-corrected chi connectivity index (χ1v) is 8.22. The number of likely N-dealkylation sites (N-methyl/N-ethyl adjacent to an activating group) is 1. The van der Waals surface area contributed by atoms with Crippen molar-refractivity contribution in [3.05, 3.63) is 41.8 Å². The van der Waals surface area contributed by atoms with Crippen LogP contribution in [0.4, 0.5) is 0 Å². The maximum absolute atomic E-state index is 6.22. The second-order valence-corrected chi connectivity index (χ2v) is 6.69. The topological polar surface area (TPSA) is 38.3 Å². The summed E-state index contributed by atoms with van der Waals surface area (Å²) in [6, 6.07) is 6.42. The van der Waals surface area contributed by atoms with Gasteiger partial charge in [-0.15, -0.1) is 11.3 Å². The fraction of sp³-hybridized carbons (Fsp3) is 0.294. The van der Waals surface area contributed by atoms with E-state index in [1.54, 1.807) is 11.3 Å². The van der Waals surface area contributed by atoms with Gasteiger partial charge in [0.1, 0.15) is 11.9 Å². The van der Waals surface area contributed by atoms with Crippen LogP contribution < -0.4 is 4.74 Å². The van der Waals surface area contributed by atoms with Crippen LogP contribution >= 0.6 is 11.3 Å². The minimum absolute atomic E-state index is 0.267. The van der Waals surface area contributed by atoms with Gasteiger partial charge in [0.25, 0.3) is 0 Å². The predicted molar refractivity (Wildman–Crippen MR) is 89.5 cm³/mol. The van der Waals surface area contributed by atoms with Gasteiger partial charge in [-0.2, -0.15) is 0 Å². The Morgan fingerprint density at radius 1 is 1.27 bits per heavy atom. The number of thiazole rings is 1. The minimum atomic E-state index is 0.267. The molecular formula is C17H17N3OS. The van der Waals surface area contributed by atoms with Crippen molar-refractivity contribution >= 4 is 22.1 Å². The van der Waals surface area contributed by atoms with E-state index in [4.69, 9.17) is 4.74 Å². The van der Waals surface area contributed by atoms with E-state index in [0.717, 1.165) is 35.3 Å². The minimum Gasteiger partial charge on any atom is -0.485 e. The maximum atomic E-state index is 6.22. The van der Waals surface area contributed by atoms with Crippen LogP contribution in [-0.4, -0.2) is 41.1 Å². The molecule has 0 amide bonds. The molecule has 22 heavy (non-hydrogen) atoms. The molecule has 0 N–H and O–H groups in total. The van der Waals surface area contributed by atoms with Crippen molar-refractivity contribution in [2.75, 3.05) is 20.1 Å². The van der Waals surface area contributed by atoms with Crippen molar-refractivity contribution in [3.8, 4) is 16.2 Å². The lowest BCUT2D eigenvalue weighted by Gasteiger charge is -2.36. The summed E-state index contributed by atoms with van der Waals surface area (Å²) in [4.78, 5) is 12.1. The first kappa shape index (κ1) is 13.7. The van der Waals surface area contributed by atoms with Gasteiger partial charge in [-0.25, -0.2) is 0 Å². The Hall–Kier alpha value is -1.98. The molecule has 4 nitrogen and oxygen atoms in total. The number of hydrogen-bond donors (Lipinski definition) is 0. The molecule has 1 aliphatic heterocycles. The van der Waals surface area contributed by atoms with E-state index < -0.39 is 0 Å². The number of likely N-dealkylation sites (tertiary alicyclic amines) is 1. The lowest BCUT2D eigenvalue weighted by atomic mass is 10.1. The third-order valence-corrected chi connectivity index (χ3v) is 4.88. The molecule has 0 radical (unpaired) electrons. The largest absolute Gasteiger partial charge is 0.485 e. The smallest absolute Gasteiger partial charge is 0.148 e. The number of fused-ring (bicyclic) bond motifs is 1. The lowest BCUT2D eigenvalue weighted by molar-refractivity contribution is 0.0392. The summed E-state index contributed by atoms with van der Waals surface area (Å²) in [5, 5.41) is 2.24. The second kappa shape index (κ2) is 5.34. The number of rotatable bonds is 3. The highest BCUT2D eigenvalue weighted by molar-refractivity contribution is 7.13. The average Bonchev–Trinajstić information content (AvgIpc) is 3.02. The summed E-state index contributed by atoms with van der Waals surface area (Å²) in [5.74, 6) is 0.918. The van der Waals surface area contributed by atoms with Crippen molar-refractivity contribution in [2.45, 2.75) is 13.0 Å². The molecule has 112 valence electrons. The summed E-state index contributed by atoms with van der Waals surface area (Å²) in [6.07, 6.45) is 4.09. The molecule has 3 aromatic rings. The van der Waals surface area contributed by atoms with E-state index in [1.165, 1.54) is 10.4 Å². The molecule has 0 unspecified atom stereocenters. The molecule has 1 aromatic carbocycles. The summed E-state index contributed by atoms with van der Waals surface area (Å²) < 4.78 is 6.22. The van der Waals surface area contributed by atoms with E-state index in [9.17, 15) is 0 Å². The highest BCUT2D eigenvalue weighted by atomic mass is 32.1. The monoisotopic (exact) mass is 311 g/mol. The highest BCUT2D eigenvalue weighted by Gasteiger charge is 2.26. The van der Waals surface area contributed by atoms with E-state index in [0.29, 0.717) is 0 Å². The molecule has 4 rings (SSSR count). The van der Waals surface area contributed by atoms with Crippen LogP contribution in [0.2, 0.25) is 0 Å². The Morgan fingerprint density at radius 2 is 2.14 bits per heavy atom. The van der Waals surface area contributed by atoms with Crippen LogP contribution in [0.25, 0.3) is 21.2 Å². The molecule has 0 aliphatic carbocycles. The van der Waals surface area contributed by atoms with Crippen LogP contribution in [0.15, 0.2) is 36.1 Å². The van der Waals surface area contributed by atoms with E-state index >= 15 is 0 Å². The van der Waals surface area contributed by atoms with Gasteiger partial charge < -0.3 is 4.74 Å². The summed E-state index contributed by atoms with van der Waals surface area (Å²) in [5.41, 5.74) is 3.98. The molecule has 1 saturated heterocycles. The molecule has 1 aliphatic rings. The van der Waals surface area contributed by atoms with Gasteiger partial charge in [-0.05, 0) is 25.6 Å². The summed E-state index contributed by atoms with van der Waals surface area (Å²) >= 11 is 1.65. The predicted octanol–water partition coefficient (Wildman–Crippen LogP) is 3.36. The third-order valence-electron chi connectivity index (χ3n) is 4.06. The van der Waals surface area contributed by atoms with Gasteiger partial charge in [0.05, 0.1) is 16.1 Å². The maximum Gasteiger partial charge on any atom is 0.148 e. The second-order valence-electron chi connectivity index (χ2n) is 5.80. The molecule has 5 heteroatoms. The number of benzene rings is 1. The van der Waals surface area contributed by atoms with Gasteiger partial charge in [0.2, 0.25) is 0 Å². The fourth-order valence-corrected chi connectivity index (χ4v) is 3.45. The van der Waals surface area contributed by atoms with Gasteiger partial charge in [0.15, 0.2) is 0 Å². The van der Waals surface area contributed by atoms with Crippen LogP contribution in [-0.2, 0) is 0 Å². The number of hydrogen-bond acceptors (Lipinski definition) is 5. The molecule has 0 spiro atoms. The molecule has 2 aromatic heterocycles. The fourth-order valence-electron chi connectivity index (χ4n) is 2.83. The Labute approximate surface area is 133 Å². The van der Waals surface area contributed by atoms with Gasteiger partial charge >= 0.3 is 0 Å². The first-order valence-electron chi connectivity index (χ1n) is 7.34. The lowest BCUT2D eigenvalue weighted by Crippen LogP contribution is -2.51. The van der Waals surface area contributed by atoms with Crippen molar-refractivity contribution < 1.29 is 4.74 Å². The summed E-state index contributed by atoms with van der Waals surface area (Å²) in [6.45, 7) is 3.96. The number of aromatic nitrogens is 2. The number of aryl methyl sites for hydroxylation is 1. The quantitative estimate of drug-likeness (QED) is 0.743. The zero-order valence-corrected chi connectivity index (χ0v) is 13.4. The molecule has 1 fully saturated rings. The molecular weight excluding hydrogens is 294 g/mol. The van der Waals surface area contributed by atoms with Crippen molar-refractivity contribution in [2.24, 2.45) is 0 Å². The molecule has 0 bridgehead atoms. The SMILES string of the molecule is Cc1ncc2ccc(-c3cncs3)cc2c1OC1CN(C)C1. The van der Waals surface area contributed by atoms with Gasteiger partial charge in [0, 0.05) is 36.3 Å². The van der Waals surface area contributed by atoms with Crippen LogP contribution in [0.5, 0.6) is 5.75 Å². The third kappa shape index (κ3) is 2.36. The average molecular weight is 311 g/mol. The van der Waals surface area contributed by atoms with E-state index in [2.05, 4.69) is 40.1 Å². The van der Waals surface area contributed by atoms with E-state index in [-0.39, 0.29) is 6.10 Å². The molecule has 0 atom stereocenters. The van der Waals surface area contributed by atoms with E-state index in [1.807, 2.05) is 24.8 Å². The molecule has 3 heterocycles. The van der Waals surface area contributed by atoms with Crippen LogP contribution in [0, 0.1) is 6.92 Å². The normalized spacial score (nSPS) is 15.9. The van der Waals surface area contributed by atoms with Crippen molar-refractivity contribution in [3.63, 3.8) is 0 Å². The summed E-state index contributed by atoms with van der Waals surface area (Å²) in [7, 11) is 2.11. The zero-order valence-electron chi connectivity index (χ0n) is 12.6. The van der Waals surface area contributed by atoms with Crippen LogP contribution in [0.1, 0.15) is 5.69 Å². The number of pyridine rings is 1. The van der Waals surface area contributed by atoms with Gasteiger partial charge in [-0.1, -0.05) is 12.1 Å².